The van der Waals surface area contributed by atoms with Crippen molar-refractivity contribution in [3.05, 3.63) is 60.8 Å². The lowest BCUT2D eigenvalue weighted by Crippen LogP contribution is -2.37. The second-order valence-electron chi connectivity index (χ2n) is 19.9. The van der Waals surface area contributed by atoms with E-state index in [0.717, 1.165) is 70.6 Å². The minimum Gasteiger partial charge on any atom is -0.756 e. The van der Waals surface area contributed by atoms with Gasteiger partial charge in [0.15, 0.2) is 6.10 Å². The van der Waals surface area contributed by atoms with Crippen LogP contribution < -0.4 is 4.89 Å². The molecule has 10 heteroatoms. The highest BCUT2D eigenvalue weighted by Crippen LogP contribution is 2.38. The Morgan fingerprint density at radius 1 is 0.456 bits per heavy atom. The van der Waals surface area contributed by atoms with Crippen molar-refractivity contribution in [3.8, 4) is 0 Å². The summed E-state index contributed by atoms with van der Waals surface area (Å²) in [7, 11) is 1.16. The number of carbonyl (C=O) groups is 2. The zero-order valence-corrected chi connectivity index (χ0v) is 45.7. The van der Waals surface area contributed by atoms with Crippen LogP contribution in [0, 0.1) is 0 Å². The Labute approximate surface area is 419 Å². The molecule has 0 spiro atoms. The lowest BCUT2D eigenvalue weighted by molar-refractivity contribution is -0.870. The molecule has 2 unspecified atom stereocenters. The van der Waals surface area contributed by atoms with Crippen molar-refractivity contribution in [2.45, 2.75) is 251 Å². The molecule has 0 rings (SSSR count). The van der Waals surface area contributed by atoms with Crippen LogP contribution in [-0.4, -0.2) is 70.0 Å². The molecule has 0 radical (unpaired) electrons. The molecule has 0 saturated heterocycles. The van der Waals surface area contributed by atoms with E-state index in [1.54, 1.807) is 0 Å². The van der Waals surface area contributed by atoms with Gasteiger partial charge in [0.05, 0.1) is 27.7 Å². The molecule has 396 valence electrons. The summed E-state index contributed by atoms with van der Waals surface area (Å²) in [4.78, 5) is 37.8. The van der Waals surface area contributed by atoms with E-state index < -0.39 is 26.5 Å². The summed E-state index contributed by atoms with van der Waals surface area (Å²) >= 11 is 0. The van der Waals surface area contributed by atoms with E-state index in [4.69, 9.17) is 18.5 Å². The summed E-state index contributed by atoms with van der Waals surface area (Å²) < 4.78 is 34.1. The average Bonchev–Trinajstić information content (AvgIpc) is 3.30. The van der Waals surface area contributed by atoms with Gasteiger partial charge in [-0.1, -0.05) is 209 Å². The van der Waals surface area contributed by atoms with Crippen molar-refractivity contribution in [1.29, 1.82) is 0 Å². The highest BCUT2D eigenvalue weighted by Gasteiger charge is 2.21. The lowest BCUT2D eigenvalue weighted by Gasteiger charge is -2.28. The van der Waals surface area contributed by atoms with Crippen LogP contribution in [0.2, 0.25) is 0 Å². The van der Waals surface area contributed by atoms with Gasteiger partial charge >= 0.3 is 11.9 Å². The highest BCUT2D eigenvalue weighted by atomic mass is 31.2. The van der Waals surface area contributed by atoms with Crippen LogP contribution in [0.25, 0.3) is 0 Å². The fourth-order valence-electron chi connectivity index (χ4n) is 7.63. The molecule has 0 aliphatic carbocycles. The van der Waals surface area contributed by atoms with Gasteiger partial charge < -0.3 is 27.9 Å². The molecule has 0 saturated carbocycles. The van der Waals surface area contributed by atoms with Gasteiger partial charge in [-0.3, -0.25) is 14.2 Å². The number of phosphoric acid groups is 1. The normalized spacial score (nSPS) is 13.8. The van der Waals surface area contributed by atoms with Crippen LogP contribution in [0.4, 0.5) is 0 Å². The average molecular weight is 976 g/mol. The lowest BCUT2D eigenvalue weighted by atomic mass is 10.1. The first-order chi connectivity index (χ1) is 33.0. The molecule has 2 atom stereocenters. The number of quaternary nitrogens is 1. The monoisotopic (exact) mass is 976 g/mol. The van der Waals surface area contributed by atoms with Gasteiger partial charge in [0.2, 0.25) is 0 Å². The molecule has 68 heavy (non-hydrogen) atoms. The molecule has 0 fully saturated rings. The van der Waals surface area contributed by atoms with Crippen molar-refractivity contribution in [2.24, 2.45) is 0 Å². The topological polar surface area (TPSA) is 111 Å². The molecule has 0 bridgehead atoms. The molecule has 0 aromatic carbocycles. The zero-order valence-electron chi connectivity index (χ0n) is 44.8. The first-order valence-corrected chi connectivity index (χ1v) is 29.5. The number of rotatable bonds is 51. The Hall–Kier alpha value is -2.29. The largest absolute Gasteiger partial charge is 0.756 e. The third kappa shape index (κ3) is 53.1. The van der Waals surface area contributed by atoms with Crippen LogP contribution in [0.3, 0.4) is 0 Å². The Morgan fingerprint density at radius 2 is 0.794 bits per heavy atom. The van der Waals surface area contributed by atoms with Crippen LogP contribution in [0.1, 0.15) is 245 Å². The van der Waals surface area contributed by atoms with E-state index in [-0.39, 0.29) is 32.0 Å². The maximum atomic E-state index is 12.8. The predicted molar refractivity (Wildman–Crippen MR) is 287 cm³/mol. The number of ether oxygens (including phenoxy) is 2. The molecule has 0 aliphatic rings. The Bertz CT molecular complexity index is 1340. The summed E-state index contributed by atoms with van der Waals surface area (Å²) in [6.07, 6.45) is 62.5. The molecular formula is C58H106NO8P. The number of unbranched alkanes of at least 4 members (excludes halogenated alkanes) is 27. The summed E-state index contributed by atoms with van der Waals surface area (Å²) in [5, 5.41) is 0. The number of hydrogen-bond acceptors (Lipinski definition) is 8. The summed E-state index contributed by atoms with van der Waals surface area (Å²) in [5.41, 5.74) is 0. The van der Waals surface area contributed by atoms with Crippen LogP contribution in [0.5, 0.6) is 0 Å². The third-order valence-electron chi connectivity index (χ3n) is 12.0. The molecule has 0 N–H and O–H groups in total. The minimum atomic E-state index is -4.64. The first kappa shape index (κ1) is 65.7. The van der Waals surface area contributed by atoms with Crippen molar-refractivity contribution < 1.29 is 42.1 Å². The van der Waals surface area contributed by atoms with Gasteiger partial charge in [-0.15, -0.1) is 0 Å². The number of nitrogens with zero attached hydrogens (tertiary/aromatic N) is 1. The molecule has 0 aromatic heterocycles. The Kier molecular flexibility index (Phi) is 48.0. The van der Waals surface area contributed by atoms with E-state index >= 15 is 0 Å². The number of hydrogen-bond donors (Lipinski definition) is 0. The summed E-state index contributed by atoms with van der Waals surface area (Å²) in [6, 6.07) is 0. The van der Waals surface area contributed by atoms with Gasteiger partial charge in [-0.2, -0.15) is 0 Å². The van der Waals surface area contributed by atoms with Crippen LogP contribution >= 0.6 is 7.82 Å². The second kappa shape index (κ2) is 49.7. The quantitative estimate of drug-likeness (QED) is 0.0195. The number of likely N-dealkylation sites (N-methyl/N-ethyl adjacent to an activating group) is 1. The van der Waals surface area contributed by atoms with E-state index in [0.29, 0.717) is 17.4 Å². The van der Waals surface area contributed by atoms with Crippen molar-refractivity contribution in [1.82, 2.24) is 0 Å². The van der Waals surface area contributed by atoms with Gasteiger partial charge in [-0.25, -0.2) is 0 Å². The van der Waals surface area contributed by atoms with Crippen LogP contribution in [0.15, 0.2) is 60.8 Å². The minimum absolute atomic E-state index is 0.0350. The molecular weight excluding hydrogens is 870 g/mol. The number of esters is 2. The summed E-state index contributed by atoms with van der Waals surface area (Å²) in [5.74, 6) is -0.843. The van der Waals surface area contributed by atoms with Crippen molar-refractivity contribution in [3.63, 3.8) is 0 Å². The van der Waals surface area contributed by atoms with Crippen LogP contribution in [-0.2, 0) is 32.7 Å². The number of allylic oxidation sites excluding steroid dienone is 10. The Morgan fingerprint density at radius 3 is 1.18 bits per heavy atom. The van der Waals surface area contributed by atoms with Gasteiger partial charge in [0, 0.05) is 12.8 Å². The van der Waals surface area contributed by atoms with E-state index in [9.17, 15) is 19.0 Å². The number of carbonyl (C=O) groups excluding carboxylic acids is 2. The maximum absolute atomic E-state index is 12.8. The maximum Gasteiger partial charge on any atom is 0.306 e. The summed E-state index contributed by atoms with van der Waals surface area (Å²) in [6.45, 7) is 4.22. The molecule has 0 heterocycles. The van der Waals surface area contributed by atoms with Gasteiger partial charge in [0.25, 0.3) is 7.82 Å². The van der Waals surface area contributed by atoms with Gasteiger partial charge in [-0.05, 0) is 83.5 Å². The second-order valence-corrected chi connectivity index (χ2v) is 21.4. The molecule has 9 nitrogen and oxygen atoms in total. The SMILES string of the molecule is CCCCCCC/C=C\C/C=C\C/C=C\CCCCCCCCCCC(=O)OC(COC(=O)CCCCCCCCCCC/C=C\C/C=C\CCCCCCC)COP(=O)([O-])OCC[N+](C)(C)C. The first-order valence-electron chi connectivity index (χ1n) is 28.0. The fraction of sp³-hybridized carbons (Fsp3) is 0.793. The fourth-order valence-corrected chi connectivity index (χ4v) is 8.36. The predicted octanol–water partition coefficient (Wildman–Crippen LogP) is 16.5. The smallest absolute Gasteiger partial charge is 0.306 e. The standard InChI is InChI=1S/C58H106NO8P/c1-6-8-10-12-14-16-18-20-22-24-26-28-29-31-33-35-37-39-41-43-45-47-49-51-58(61)67-56(55-66-68(62,63)65-53-52-59(3,4)5)54-64-57(60)50-48-46-44-42-40-38-36-34-32-30-27-25-23-21-19-17-15-13-11-9-7-2/h18-21,24-27,29,31,56H,6-17,22-23,28,30,32-55H2,1-5H3/b20-18-,21-19-,26-24-,27-25-,31-29-. The molecule has 0 amide bonds. The highest BCUT2D eigenvalue weighted by molar-refractivity contribution is 7.45. The third-order valence-corrected chi connectivity index (χ3v) is 13.0. The van der Waals surface area contributed by atoms with Crippen molar-refractivity contribution in [2.75, 3.05) is 47.5 Å². The molecule has 0 aliphatic heterocycles. The van der Waals surface area contributed by atoms with E-state index in [1.165, 1.54) is 141 Å². The van der Waals surface area contributed by atoms with E-state index in [1.807, 2.05) is 21.1 Å². The Balaban J connectivity index is 4.23. The van der Waals surface area contributed by atoms with Gasteiger partial charge in [0.1, 0.15) is 19.8 Å². The van der Waals surface area contributed by atoms with E-state index in [2.05, 4.69) is 74.6 Å². The zero-order chi connectivity index (χ0) is 49.9. The number of phosphoric ester groups is 1. The molecule has 0 aromatic rings. The van der Waals surface area contributed by atoms with Crippen molar-refractivity contribution >= 4 is 19.8 Å².